The molecule has 13 heavy (non-hydrogen) atoms. The van der Waals surface area contributed by atoms with Gasteiger partial charge in [0.05, 0.1) is 0 Å². The van der Waals surface area contributed by atoms with E-state index in [4.69, 9.17) is 11.6 Å². The summed E-state index contributed by atoms with van der Waals surface area (Å²) in [7, 11) is 0. The molecule has 1 aromatic carbocycles. The maximum Gasteiger partial charge on any atom is 0.177 e. The van der Waals surface area contributed by atoms with Gasteiger partial charge in [0.2, 0.25) is 0 Å². The van der Waals surface area contributed by atoms with Gasteiger partial charge in [0, 0.05) is 20.0 Å². The lowest BCUT2D eigenvalue weighted by atomic mass is 10.3. The molecule has 1 heterocycles. The van der Waals surface area contributed by atoms with Gasteiger partial charge in [-0.05, 0) is 24.5 Å². The fourth-order valence-electron chi connectivity index (χ4n) is 1.21. The van der Waals surface area contributed by atoms with Gasteiger partial charge in [0.25, 0.3) is 0 Å². The van der Waals surface area contributed by atoms with Crippen molar-refractivity contribution >= 4 is 44.8 Å². The Morgan fingerprint density at radius 1 is 1.38 bits per heavy atom. The second kappa shape index (κ2) is 3.48. The second-order valence-electron chi connectivity index (χ2n) is 2.57. The summed E-state index contributed by atoms with van der Waals surface area (Å²) in [6.45, 7) is 0. The highest BCUT2D eigenvalue weighted by molar-refractivity contribution is 7.98. The number of thioether (sulfide) groups is 1. The fraction of sp³-hybridized carbons (Fsp3) is 0.111. The average molecular weight is 233 g/mol. The molecule has 0 aliphatic heterocycles. The van der Waals surface area contributed by atoms with Crippen LogP contribution in [-0.4, -0.2) is 6.26 Å². The minimum absolute atomic E-state index is 0.160. The number of hydrogen-bond acceptors (Lipinski definition) is 2. The third kappa shape index (κ3) is 1.68. The number of thiophene rings is 1. The zero-order chi connectivity index (χ0) is 9.42. The molecule has 2 rings (SSSR count). The summed E-state index contributed by atoms with van der Waals surface area (Å²) in [5.74, 6) is 0. The number of halogens is 2. The van der Waals surface area contributed by atoms with Gasteiger partial charge < -0.3 is 0 Å². The highest BCUT2D eigenvalue weighted by Crippen LogP contribution is 2.34. The summed E-state index contributed by atoms with van der Waals surface area (Å²) in [5.41, 5.74) is 0. The SMILES string of the molecule is CSc1cc(Cl)cc2sc(F)cc12. The number of hydrogen-bond donors (Lipinski definition) is 0. The van der Waals surface area contributed by atoms with Crippen LogP contribution in [0, 0.1) is 5.13 Å². The van der Waals surface area contributed by atoms with Crippen molar-refractivity contribution in [1.29, 1.82) is 0 Å². The third-order valence-electron chi connectivity index (χ3n) is 1.75. The standard InChI is InChI=1S/C9H6ClFS2/c1-12-7-2-5(10)3-8-6(7)4-9(11)13-8/h2-4H,1H3. The van der Waals surface area contributed by atoms with Crippen molar-refractivity contribution in [2.24, 2.45) is 0 Å². The first-order valence-corrected chi connectivity index (χ1v) is 6.05. The lowest BCUT2D eigenvalue weighted by Crippen LogP contribution is -1.71. The van der Waals surface area contributed by atoms with E-state index >= 15 is 0 Å². The Labute approximate surface area is 88.7 Å². The van der Waals surface area contributed by atoms with Gasteiger partial charge in [-0.2, -0.15) is 4.39 Å². The molecule has 0 fully saturated rings. The lowest BCUT2D eigenvalue weighted by Gasteiger charge is -1.98. The quantitative estimate of drug-likeness (QED) is 0.656. The van der Waals surface area contributed by atoms with E-state index in [1.54, 1.807) is 23.9 Å². The van der Waals surface area contributed by atoms with Gasteiger partial charge >= 0.3 is 0 Å². The zero-order valence-electron chi connectivity index (χ0n) is 6.80. The van der Waals surface area contributed by atoms with Crippen molar-refractivity contribution in [1.82, 2.24) is 0 Å². The van der Waals surface area contributed by atoms with Crippen LogP contribution in [0.4, 0.5) is 4.39 Å². The van der Waals surface area contributed by atoms with Gasteiger partial charge in [0.15, 0.2) is 5.13 Å². The van der Waals surface area contributed by atoms with E-state index in [0.717, 1.165) is 26.3 Å². The molecule has 0 radical (unpaired) electrons. The monoisotopic (exact) mass is 232 g/mol. The summed E-state index contributed by atoms with van der Waals surface area (Å²) >= 11 is 8.60. The molecule has 0 nitrogen and oxygen atoms in total. The van der Waals surface area contributed by atoms with Gasteiger partial charge in [-0.25, -0.2) is 0 Å². The van der Waals surface area contributed by atoms with E-state index in [9.17, 15) is 4.39 Å². The van der Waals surface area contributed by atoms with Gasteiger partial charge in [0.1, 0.15) is 0 Å². The van der Waals surface area contributed by atoms with Crippen LogP contribution in [0.1, 0.15) is 0 Å². The highest BCUT2D eigenvalue weighted by Gasteiger charge is 2.06. The smallest absolute Gasteiger partial charge is 0.177 e. The number of fused-ring (bicyclic) bond motifs is 1. The van der Waals surface area contributed by atoms with E-state index in [2.05, 4.69) is 0 Å². The highest BCUT2D eigenvalue weighted by atomic mass is 35.5. The Kier molecular flexibility index (Phi) is 2.49. The summed E-state index contributed by atoms with van der Waals surface area (Å²) < 4.78 is 13.8. The summed E-state index contributed by atoms with van der Waals surface area (Å²) in [6, 6.07) is 5.22. The van der Waals surface area contributed by atoms with Crippen molar-refractivity contribution in [3.8, 4) is 0 Å². The summed E-state index contributed by atoms with van der Waals surface area (Å²) in [4.78, 5) is 1.03. The number of benzene rings is 1. The van der Waals surface area contributed by atoms with Crippen LogP contribution in [0.25, 0.3) is 10.1 Å². The largest absolute Gasteiger partial charge is 0.195 e. The molecule has 0 saturated heterocycles. The van der Waals surface area contributed by atoms with Crippen LogP contribution in [0.3, 0.4) is 0 Å². The van der Waals surface area contributed by atoms with Crippen molar-refractivity contribution in [3.05, 3.63) is 28.4 Å². The second-order valence-corrected chi connectivity index (χ2v) is 4.89. The van der Waals surface area contributed by atoms with Crippen LogP contribution in [0.5, 0.6) is 0 Å². The van der Waals surface area contributed by atoms with E-state index in [1.807, 2.05) is 12.3 Å². The third-order valence-corrected chi connectivity index (χ3v) is 3.62. The fourth-order valence-corrected chi connectivity index (χ4v) is 3.11. The first-order valence-electron chi connectivity index (χ1n) is 3.63. The topological polar surface area (TPSA) is 0 Å². The Balaban J connectivity index is 2.80. The molecule has 0 atom stereocenters. The predicted molar refractivity (Wildman–Crippen MR) is 58.6 cm³/mol. The molecule has 0 aliphatic carbocycles. The van der Waals surface area contributed by atoms with Crippen LogP contribution >= 0.6 is 34.7 Å². The molecule has 0 N–H and O–H groups in total. The van der Waals surface area contributed by atoms with Crippen molar-refractivity contribution < 1.29 is 4.39 Å². The van der Waals surface area contributed by atoms with E-state index in [-0.39, 0.29) is 5.13 Å². The van der Waals surface area contributed by atoms with Crippen LogP contribution in [0.2, 0.25) is 5.02 Å². The Morgan fingerprint density at radius 3 is 2.85 bits per heavy atom. The Bertz CT molecular complexity index is 450. The maximum atomic E-state index is 12.9. The van der Waals surface area contributed by atoms with Crippen molar-refractivity contribution in [2.75, 3.05) is 6.26 Å². The molecule has 2 aromatic rings. The summed E-state index contributed by atoms with van der Waals surface area (Å²) in [6.07, 6.45) is 1.96. The normalized spacial score (nSPS) is 11.0. The molecule has 0 spiro atoms. The van der Waals surface area contributed by atoms with Crippen LogP contribution in [-0.2, 0) is 0 Å². The average Bonchev–Trinajstić information content (AvgIpc) is 2.43. The molecule has 0 unspecified atom stereocenters. The molecular formula is C9H6ClFS2. The molecule has 0 bridgehead atoms. The molecular weight excluding hydrogens is 227 g/mol. The molecule has 0 aliphatic rings. The molecule has 4 heteroatoms. The van der Waals surface area contributed by atoms with Gasteiger partial charge in [-0.1, -0.05) is 11.6 Å². The first kappa shape index (κ1) is 9.31. The van der Waals surface area contributed by atoms with Gasteiger partial charge in [-0.3, -0.25) is 0 Å². The maximum absolute atomic E-state index is 12.9. The Hall–Kier alpha value is -0.250. The molecule has 68 valence electrons. The minimum Gasteiger partial charge on any atom is -0.195 e. The lowest BCUT2D eigenvalue weighted by molar-refractivity contribution is 0.658. The van der Waals surface area contributed by atoms with Crippen molar-refractivity contribution in [2.45, 2.75) is 4.90 Å². The summed E-state index contributed by atoms with van der Waals surface area (Å²) in [5, 5.41) is 1.46. The van der Waals surface area contributed by atoms with E-state index in [1.165, 1.54) is 0 Å². The van der Waals surface area contributed by atoms with E-state index < -0.39 is 0 Å². The number of rotatable bonds is 1. The Morgan fingerprint density at radius 2 is 2.15 bits per heavy atom. The van der Waals surface area contributed by atoms with Crippen molar-refractivity contribution in [3.63, 3.8) is 0 Å². The molecule has 0 amide bonds. The minimum atomic E-state index is -0.160. The molecule has 0 saturated carbocycles. The predicted octanol–water partition coefficient (Wildman–Crippen LogP) is 4.42. The zero-order valence-corrected chi connectivity index (χ0v) is 9.19. The van der Waals surface area contributed by atoms with Gasteiger partial charge in [-0.15, -0.1) is 23.1 Å². The van der Waals surface area contributed by atoms with Crippen LogP contribution in [0.15, 0.2) is 23.1 Å². The van der Waals surface area contributed by atoms with E-state index in [0.29, 0.717) is 5.02 Å². The molecule has 1 aromatic heterocycles. The first-order chi connectivity index (χ1) is 6.20. The van der Waals surface area contributed by atoms with Crippen LogP contribution < -0.4 is 0 Å².